The van der Waals surface area contributed by atoms with Gasteiger partial charge in [-0.15, -0.1) is 0 Å². The molecular weight excluding hydrogens is 397 g/mol. The molecule has 0 unspecified atom stereocenters. The molecule has 0 aliphatic rings. The Kier molecular flexibility index (Phi) is 3.82. The highest BCUT2D eigenvalue weighted by atomic mass is 35.5. The molecule has 0 fully saturated rings. The highest BCUT2D eigenvalue weighted by molar-refractivity contribution is 6.36. The third kappa shape index (κ3) is 2.55. The Morgan fingerprint density at radius 1 is 1.00 bits per heavy atom. The van der Waals surface area contributed by atoms with Crippen LogP contribution in [0.5, 0.6) is 0 Å². The van der Waals surface area contributed by atoms with Gasteiger partial charge in [0, 0.05) is 45.6 Å². The van der Waals surface area contributed by atoms with E-state index in [1.165, 1.54) is 0 Å². The van der Waals surface area contributed by atoms with Crippen LogP contribution in [-0.2, 0) is 7.05 Å². The van der Waals surface area contributed by atoms with Crippen LogP contribution in [0.3, 0.4) is 0 Å². The van der Waals surface area contributed by atoms with E-state index in [0.717, 1.165) is 27.5 Å². The first-order chi connectivity index (χ1) is 13.5. The lowest BCUT2D eigenvalue weighted by Crippen LogP contribution is -2.10. The van der Waals surface area contributed by atoms with Crippen molar-refractivity contribution in [3.8, 4) is 22.5 Å². The van der Waals surface area contributed by atoms with Crippen LogP contribution in [0.25, 0.3) is 44.4 Å². The molecule has 0 spiro atoms. The fourth-order valence-electron chi connectivity index (χ4n) is 3.58. The van der Waals surface area contributed by atoms with E-state index in [-0.39, 0.29) is 5.56 Å². The molecule has 0 aliphatic heterocycles. The van der Waals surface area contributed by atoms with Crippen molar-refractivity contribution in [2.24, 2.45) is 7.05 Å². The zero-order valence-electron chi connectivity index (χ0n) is 14.7. The van der Waals surface area contributed by atoms with Crippen LogP contribution in [0.15, 0.2) is 64.0 Å². The highest BCUT2D eigenvalue weighted by Crippen LogP contribution is 2.34. The van der Waals surface area contributed by atoms with Gasteiger partial charge in [0.2, 0.25) is 0 Å². The summed E-state index contributed by atoms with van der Waals surface area (Å²) in [6, 6.07) is 14.8. The minimum atomic E-state index is -0.210. The van der Waals surface area contributed by atoms with E-state index in [2.05, 4.69) is 10.1 Å². The minimum Gasteiger partial charge on any atom is -0.356 e. The molecule has 2 aromatic carbocycles. The second kappa shape index (κ2) is 6.26. The summed E-state index contributed by atoms with van der Waals surface area (Å²) in [7, 11) is 1.92. The lowest BCUT2D eigenvalue weighted by molar-refractivity contribution is 0.432. The van der Waals surface area contributed by atoms with Gasteiger partial charge in [0.1, 0.15) is 5.65 Å². The van der Waals surface area contributed by atoms with Gasteiger partial charge in [0.15, 0.2) is 5.76 Å². The number of nitrogens with zero attached hydrogens (tertiary/aromatic N) is 2. The van der Waals surface area contributed by atoms with E-state index >= 15 is 0 Å². The Hall–Kier alpha value is -3.02. The fraction of sp³-hybridized carbons (Fsp3) is 0.0476. The van der Waals surface area contributed by atoms with Gasteiger partial charge in [0.05, 0.1) is 16.7 Å². The molecule has 5 aromatic rings. The number of pyridine rings is 1. The number of halogens is 2. The quantitative estimate of drug-likeness (QED) is 0.409. The lowest BCUT2D eigenvalue weighted by atomic mass is 10.0. The van der Waals surface area contributed by atoms with Crippen molar-refractivity contribution in [2.75, 3.05) is 0 Å². The third-order valence-corrected chi connectivity index (χ3v) is 5.50. The van der Waals surface area contributed by atoms with Gasteiger partial charge < -0.3 is 14.1 Å². The molecule has 0 atom stereocenters. The average Bonchev–Trinajstić information content (AvgIpc) is 3.30. The Bertz CT molecular complexity index is 1420. The van der Waals surface area contributed by atoms with Gasteiger partial charge >= 0.3 is 0 Å². The summed E-state index contributed by atoms with van der Waals surface area (Å²) >= 11 is 12.3. The fourth-order valence-corrected chi connectivity index (χ4v) is 4.09. The zero-order chi connectivity index (χ0) is 19.4. The molecule has 3 aromatic heterocycles. The second-order valence-corrected chi connectivity index (χ2v) is 7.41. The number of aryl methyl sites for hydroxylation is 1. The van der Waals surface area contributed by atoms with Crippen LogP contribution < -0.4 is 5.56 Å². The topological polar surface area (TPSA) is 63.8 Å². The average molecular weight is 410 g/mol. The first-order valence-corrected chi connectivity index (χ1v) is 9.30. The number of aromatic nitrogens is 3. The number of hydrogen-bond acceptors (Lipinski definition) is 3. The smallest absolute Gasteiger partial charge is 0.257 e. The van der Waals surface area contributed by atoms with Gasteiger partial charge in [0.25, 0.3) is 5.56 Å². The summed E-state index contributed by atoms with van der Waals surface area (Å²) in [5.41, 5.74) is 3.56. The molecule has 0 bridgehead atoms. The van der Waals surface area contributed by atoms with Crippen LogP contribution in [0.2, 0.25) is 10.0 Å². The van der Waals surface area contributed by atoms with Gasteiger partial charge in [-0.1, -0.05) is 34.4 Å². The van der Waals surface area contributed by atoms with E-state index in [4.69, 9.17) is 27.7 Å². The van der Waals surface area contributed by atoms with Gasteiger partial charge in [-0.2, -0.15) is 0 Å². The first-order valence-electron chi connectivity index (χ1n) is 8.55. The van der Waals surface area contributed by atoms with E-state index < -0.39 is 0 Å². The number of aromatic amines is 1. The number of H-pyrrole nitrogens is 1. The lowest BCUT2D eigenvalue weighted by Gasteiger charge is -2.05. The summed E-state index contributed by atoms with van der Waals surface area (Å²) < 4.78 is 7.24. The number of hydrogen-bond donors (Lipinski definition) is 1. The maximum atomic E-state index is 12.8. The van der Waals surface area contributed by atoms with E-state index in [0.29, 0.717) is 26.9 Å². The summed E-state index contributed by atoms with van der Waals surface area (Å²) in [5.74, 6) is 0.685. The Morgan fingerprint density at radius 2 is 1.86 bits per heavy atom. The molecule has 0 saturated carbocycles. The van der Waals surface area contributed by atoms with Gasteiger partial charge in [-0.25, -0.2) is 0 Å². The standard InChI is InChI=1S/C21H13Cl2N3O2/c1-26-18-5-2-11(19-6-7-24-28-19)8-14(18)15-10-16(21(27)25-20(15)26)13-4-3-12(22)9-17(13)23/h2-10H,1H3,(H,25,27). The monoisotopic (exact) mass is 409 g/mol. The molecular formula is C21H13Cl2N3O2. The van der Waals surface area contributed by atoms with Gasteiger partial charge in [-0.05, 0) is 36.4 Å². The van der Waals surface area contributed by atoms with E-state index in [1.54, 1.807) is 24.4 Å². The van der Waals surface area contributed by atoms with Crippen molar-refractivity contribution in [3.63, 3.8) is 0 Å². The van der Waals surface area contributed by atoms with E-state index in [9.17, 15) is 4.79 Å². The van der Waals surface area contributed by atoms with E-state index in [1.807, 2.05) is 41.9 Å². The van der Waals surface area contributed by atoms with Crippen LogP contribution in [0, 0.1) is 0 Å². The predicted molar refractivity (Wildman–Crippen MR) is 112 cm³/mol. The number of nitrogens with one attached hydrogen (secondary N) is 1. The predicted octanol–water partition coefficient (Wildman–Crippen LogP) is 5.65. The minimum absolute atomic E-state index is 0.210. The molecule has 0 aliphatic carbocycles. The maximum absolute atomic E-state index is 12.8. The first kappa shape index (κ1) is 17.1. The van der Waals surface area contributed by atoms with Crippen LogP contribution in [-0.4, -0.2) is 14.7 Å². The molecule has 3 heterocycles. The summed E-state index contributed by atoms with van der Waals surface area (Å²) in [4.78, 5) is 15.8. The Balaban J connectivity index is 1.83. The second-order valence-electron chi connectivity index (χ2n) is 6.57. The zero-order valence-corrected chi connectivity index (χ0v) is 16.2. The van der Waals surface area contributed by atoms with Crippen LogP contribution in [0.1, 0.15) is 0 Å². The van der Waals surface area contributed by atoms with Crippen LogP contribution >= 0.6 is 23.2 Å². The number of fused-ring (bicyclic) bond motifs is 3. The summed E-state index contributed by atoms with van der Waals surface area (Å²) in [5, 5.41) is 6.64. The molecule has 1 N–H and O–H groups in total. The van der Waals surface area contributed by atoms with Crippen molar-refractivity contribution in [3.05, 3.63) is 75.1 Å². The molecule has 0 radical (unpaired) electrons. The van der Waals surface area contributed by atoms with Crippen LogP contribution in [0.4, 0.5) is 0 Å². The normalized spacial score (nSPS) is 11.5. The molecule has 0 saturated heterocycles. The maximum Gasteiger partial charge on any atom is 0.257 e. The summed E-state index contributed by atoms with van der Waals surface area (Å²) in [6.07, 6.45) is 1.61. The molecule has 28 heavy (non-hydrogen) atoms. The third-order valence-electron chi connectivity index (χ3n) is 4.95. The van der Waals surface area contributed by atoms with Crippen molar-refractivity contribution in [1.29, 1.82) is 0 Å². The van der Waals surface area contributed by atoms with Crippen molar-refractivity contribution >= 4 is 45.1 Å². The van der Waals surface area contributed by atoms with Crippen molar-refractivity contribution in [2.45, 2.75) is 0 Å². The van der Waals surface area contributed by atoms with Crippen molar-refractivity contribution in [1.82, 2.24) is 14.7 Å². The molecule has 5 rings (SSSR count). The molecule has 0 amide bonds. The SMILES string of the molecule is Cn1c2ccc(-c3ccno3)cc2c2cc(-c3ccc(Cl)cc3Cl)c(=O)[nH]c21. The number of benzene rings is 2. The van der Waals surface area contributed by atoms with Gasteiger partial charge in [-0.3, -0.25) is 4.79 Å². The number of rotatable bonds is 2. The molecule has 7 heteroatoms. The van der Waals surface area contributed by atoms with Crippen molar-refractivity contribution < 1.29 is 4.52 Å². The largest absolute Gasteiger partial charge is 0.356 e. The summed E-state index contributed by atoms with van der Waals surface area (Å²) in [6.45, 7) is 0. The Morgan fingerprint density at radius 3 is 2.61 bits per heavy atom. The molecule has 5 nitrogen and oxygen atoms in total. The molecule has 138 valence electrons. The highest BCUT2D eigenvalue weighted by Gasteiger charge is 2.16. The Labute approximate surface area is 169 Å².